The summed E-state index contributed by atoms with van der Waals surface area (Å²) in [4.78, 5) is 21.4. The molecule has 0 aliphatic heterocycles. The lowest BCUT2D eigenvalue weighted by molar-refractivity contribution is -0.116. The van der Waals surface area contributed by atoms with Crippen molar-refractivity contribution in [2.45, 2.75) is 13.5 Å². The fourth-order valence-corrected chi connectivity index (χ4v) is 2.68. The molecular formula is C18H15N5O2. The highest BCUT2D eigenvalue weighted by Crippen LogP contribution is 2.23. The Balaban J connectivity index is 1.71. The summed E-state index contributed by atoms with van der Waals surface area (Å²) in [6.45, 7) is 1.86. The van der Waals surface area contributed by atoms with Gasteiger partial charge >= 0.3 is 0 Å². The first-order valence-corrected chi connectivity index (χ1v) is 7.80. The minimum Gasteiger partial charge on any atom is -0.360 e. The molecule has 0 unspecified atom stereocenters. The summed E-state index contributed by atoms with van der Waals surface area (Å²) in [6, 6.07) is 15.0. The number of fused-ring (bicyclic) bond motifs is 1. The third-order valence-corrected chi connectivity index (χ3v) is 3.75. The van der Waals surface area contributed by atoms with Crippen LogP contribution in [0, 0.1) is 6.92 Å². The van der Waals surface area contributed by atoms with E-state index in [2.05, 4.69) is 20.4 Å². The second-order valence-electron chi connectivity index (χ2n) is 5.60. The van der Waals surface area contributed by atoms with E-state index in [4.69, 9.17) is 4.52 Å². The smallest absolute Gasteiger partial charge is 0.245 e. The molecule has 0 atom stereocenters. The summed E-state index contributed by atoms with van der Waals surface area (Å²) in [5.41, 5.74) is 2.40. The number of hydrogen-bond acceptors (Lipinski definition) is 5. The molecule has 0 saturated carbocycles. The minimum atomic E-state index is -0.214. The quantitative estimate of drug-likeness (QED) is 0.620. The number of carbonyl (C=O) groups excluding carboxylic acids is 1. The SMILES string of the molecule is Cc1cc(NC(=O)Cn2c(-c3ccccn3)nc3ccccc32)no1. The molecule has 7 heteroatoms. The van der Waals surface area contributed by atoms with E-state index in [1.807, 2.05) is 47.0 Å². The third-order valence-electron chi connectivity index (χ3n) is 3.75. The molecule has 25 heavy (non-hydrogen) atoms. The zero-order chi connectivity index (χ0) is 17.2. The van der Waals surface area contributed by atoms with Gasteiger partial charge in [-0.25, -0.2) is 4.98 Å². The number of nitrogens with zero attached hydrogens (tertiary/aromatic N) is 4. The van der Waals surface area contributed by atoms with E-state index in [-0.39, 0.29) is 12.5 Å². The first-order chi connectivity index (χ1) is 12.2. The molecule has 3 heterocycles. The number of carbonyl (C=O) groups is 1. The number of pyridine rings is 1. The maximum Gasteiger partial charge on any atom is 0.245 e. The lowest BCUT2D eigenvalue weighted by Gasteiger charge is -2.08. The number of aryl methyl sites for hydroxylation is 1. The molecule has 4 aromatic rings. The molecule has 0 bridgehead atoms. The molecule has 0 saturated heterocycles. The Hall–Kier alpha value is -3.48. The number of aromatic nitrogens is 4. The van der Waals surface area contributed by atoms with E-state index in [1.54, 1.807) is 19.2 Å². The number of para-hydroxylation sites is 2. The number of hydrogen-bond donors (Lipinski definition) is 1. The van der Waals surface area contributed by atoms with Gasteiger partial charge in [0.05, 0.1) is 11.0 Å². The molecule has 0 aliphatic rings. The Labute approximate surface area is 143 Å². The van der Waals surface area contributed by atoms with Crippen LogP contribution in [0.2, 0.25) is 0 Å². The average Bonchev–Trinajstić information content (AvgIpc) is 3.19. The van der Waals surface area contributed by atoms with Crippen LogP contribution >= 0.6 is 0 Å². The van der Waals surface area contributed by atoms with Crippen molar-refractivity contribution in [3.05, 3.63) is 60.5 Å². The van der Waals surface area contributed by atoms with Crippen molar-refractivity contribution in [2.75, 3.05) is 5.32 Å². The van der Waals surface area contributed by atoms with E-state index in [1.165, 1.54) is 0 Å². The predicted octanol–water partition coefficient (Wildman–Crippen LogP) is 3.03. The lowest BCUT2D eigenvalue weighted by Crippen LogP contribution is -2.19. The number of benzene rings is 1. The first kappa shape index (κ1) is 15.1. The molecule has 4 rings (SSSR count). The Morgan fingerprint density at radius 3 is 2.80 bits per heavy atom. The average molecular weight is 333 g/mol. The Morgan fingerprint density at radius 1 is 1.20 bits per heavy atom. The topological polar surface area (TPSA) is 85.8 Å². The molecule has 3 aromatic heterocycles. The van der Waals surface area contributed by atoms with E-state index in [0.29, 0.717) is 23.1 Å². The summed E-state index contributed by atoms with van der Waals surface area (Å²) in [5, 5.41) is 6.52. The molecular weight excluding hydrogens is 318 g/mol. The van der Waals surface area contributed by atoms with Gasteiger partial charge in [0.25, 0.3) is 0 Å². The molecule has 1 aromatic carbocycles. The Bertz CT molecular complexity index is 1040. The Morgan fingerprint density at radius 2 is 2.04 bits per heavy atom. The maximum atomic E-state index is 12.5. The van der Waals surface area contributed by atoms with E-state index in [9.17, 15) is 4.79 Å². The van der Waals surface area contributed by atoms with Gasteiger partial charge in [0.2, 0.25) is 5.91 Å². The summed E-state index contributed by atoms with van der Waals surface area (Å²) >= 11 is 0. The fraction of sp³-hybridized carbons (Fsp3) is 0.111. The standard InChI is InChI=1S/C18H15N5O2/c1-12-10-16(22-25-12)21-17(24)11-23-15-8-3-2-6-13(15)20-18(23)14-7-4-5-9-19-14/h2-10H,11H2,1H3,(H,21,22,24). The van der Waals surface area contributed by atoms with Gasteiger partial charge in [-0.2, -0.15) is 0 Å². The lowest BCUT2D eigenvalue weighted by atomic mass is 10.3. The molecule has 0 fully saturated rings. The number of rotatable bonds is 4. The summed E-state index contributed by atoms with van der Waals surface area (Å²) < 4.78 is 6.82. The highest BCUT2D eigenvalue weighted by atomic mass is 16.5. The molecule has 1 N–H and O–H groups in total. The number of amides is 1. The van der Waals surface area contributed by atoms with Gasteiger partial charge in [-0.05, 0) is 31.2 Å². The fourth-order valence-electron chi connectivity index (χ4n) is 2.68. The van der Waals surface area contributed by atoms with Crippen molar-refractivity contribution in [2.24, 2.45) is 0 Å². The van der Waals surface area contributed by atoms with Crippen LogP contribution in [0.15, 0.2) is 59.3 Å². The maximum absolute atomic E-state index is 12.5. The third kappa shape index (κ3) is 2.99. The molecule has 0 radical (unpaired) electrons. The van der Waals surface area contributed by atoms with E-state index >= 15 is 0 Å². The van der Waals surface area contributed by atoms with Crippen LogP contribution in [0.5, 0.6) is 0 Å². The van der Waals surface area contributed by atoms with Crippen LogP contribution in [0.4, 0.5) is 5.82 Å². The van der Waals surface area contributed by atoms with Crippen molar-refractivity contribution in [1.82, 2.24) is 19.7 Å². The molecule has 124 valence electrons. The predicted molar refractivity (Wildman–Crippen MR) is 92.8 cm³/mol. The van der Waals surface area contributed by atoms with Gasteiger partial charge in [-0.1, -0.05) is 23.4 Å². The highest BCUT2D eigenvalue weighted by Gasteiger charge is 2.16. The van der Waals surface area contributed by atoms with Gasteiger partial charge in [-0.15, -0.1) is 0 Å². The van der Waals surface area contributed by atoms with Gasteiger partial charge in [-0.3, -0.25) is 9.78 Å². The van der Waals surface area contributed by atoms with E-state index < -0.39 is 0 Å². The zero-order valence-corrected chi connectivity index (χ0v) is 13.5. The van der Waals surface area contributed by atoms with Crippen molar-refractivity contribution < 1.29 is 9.32 Å². The van der Waals surface area contributed by atoms with Gasteiger partial charge in [0.15, 0.2) is 11.6 Å². The molecule has 1 amide bonds. The monoisotopic (exact) mass is 333 g/mol. The largest absolute Gasteiger partial charge is 0.360 e. The van der Waals surface area contributed by atoms with Crippen LogP contribution in [0.25, 0.3) is 22.6 Å². The van der Waals surface area contributed by atoms with Crippen molar-refractivity contribution in [3.8, 4) is 11.5 Å². The molecule has 7 nitrogen and oxygen atoms in total. The second kappa shape index (κ2) is 6.20. The van der Waals surface area contributed by atoms with Crippen molar-refractivity contribution >= 4 is 22.8 Å². The van der Waals surface area contributed by atoms with Crippen LogP contribution in [0.1, 0.15) is 5.76 Å². The summed E-state index contributed by atoms with van der Waals surface area (Å²) in [6.07, 6.45) is 1.71. The summed E-state index contributed by atoms with van der Waals surface area (Å²) in [7, 11) is 0. The second-order valence-corrected chi connectivity index (χ2v) is 5.60. The van der Waals surface area contributed by atoms with Gasteiger partial charge < -0.3 is 14.4 Å². The number of nitrogens with one attached hydrogen (secondary N) is 1. The highest BCUT2D eigenvalue weighted by molar-refractivity contribution is 5.91. The number of imidazole rings is 1. The van der Waals surface area contributed by atoms with Crippen LogP contribution in [-0.4, -0.2) is 25.6 Å². The van der Waals surface area contributed by atoms with Gasteiger partial charge in [0, 0.05) is 12.3 Å². The number of anilines is 1. The van der Waals surface area contributed by atoms with Crippen LogP contribution in [0.3, 0.4) is 0 Å². The Kier molecular flexibility index (Phi) is 3.74. The van der Waals surface area contributed by atoms with E-state index in [0.717, 1.165) is 11.0 Å². The first-order valence-electron chi connectivity index (χ1n) is 7.80. The molecule has 0 spiro atoms. The van der Waals surface area contributed by atoms with Crippen molar-refractivity contribution in [3.63, 3.8) is 0 Å². The normalized spacial score (nSPS) is 10.9. The zero-order valence-electron chi connectivity index (χ0n) is 13.5. The minimum absolute atomic E-state index is 0.0956. The van der Waals surface area contributed by atoms with Crippen molar-refractivity contribution in [1.29, 1.82) is 0 Å². The van der Waals surface area contributed by atoms with Crippen LogP contribution < -0.4 is 5.32 Å². The molecule has 0 aliphatic carbocycles. The van der Waals surface area contributed by atoms with Crippen LogP contribution in [-0.2, 0) is 11.3 Å². The summed E-state index contributed by atoms with van der Waals surface area (Å²) in [5.74, 6) is 1.46. The van der Waals surface area contributed by atoms with Gasteiger partial charge in [0.1, 0.15) is 18.0 Å².